The van der Waals surface area contributed by atoms with Crippen molar-refractivity contribution in [1.82, 2.24) is 4.90 Å². The molecule has 0 radical (unpaired) electrons. The van der Waals surface area contributed by atoms with Gasteiger partial charge in [-0.1, -0.05) is 36.1 Å². The van der Waals surface area contributed by atoms with Crippen LogP contribution in [0.5, 0.6) is 0 Å². The second kappa shape index (κ2) is 6.52. The fraction of sp³-hybridized carbons (Fsp3) is 0.143. The third kappa shape index (κ3) is 3.68. The first kappa shape index (κ1) is 15.2. The maximum Gasteiger partial charge on any atom is 0.305 e. The molecule has 0 saturated carbocycles. The van der Waals surface area contributed by atoms with Crippen LogP contribution in [0.4, 0.5) is 0 Å². The molecule has 0 spiro atoms. The van der Waals surface area contributed by atoms with Gasteiger partial charge in [0.25, 0.3) is 5.91 Å². The molecule has 1 fully saturated rings. The Balaban J connectivity index is 2.15. The lowest BCUT2D eigenvalue weighted by molar-refractivity contribution is -0.137. The van der Waals surface area contributed by atoms with E-state index in [1.54, 1.807) is 30.3 Å². The zero-order chi connectivity index (χ0) is 15.4. The van der Waals surface area contributed by atoms with Gasteiger partial charge in [0.2, 0.25) is 0 Å². The van der Waals surface area contributed by atoms with Gasteiger partial charge in [-0.05, 0) is 23.8 Å². The topological polar surface area (TPSA) is 81.4 Å². The first-order valence-electron chi connectivity index (χ1n) is 5.98. The average Bonchev–Trinajstić information content (AvgIpc) is 2.72. The van der Waals surface area contributed by atoms with E-state index >= 15 is 0 Å². The second-order valence-corrected chi connectivity index (χ2v) is 5.89. The van der Waals surface area contributed by atoms with Crippen LogP contribution in [0.2, 0.25) is 0 Å². The first-order valence-corrected chi connectivity index (χ1v) is 7.21. The van der Waals surface area contributed by atoms with Crippen LogP contribution in [0.15, 0.2) is 29.2 Å². The summed E-state index contributed by atoms with van der Waals surface area (Å²) in [4.78, 5) is 24.5. The van der Waals surface area contributed by atoms with E-state index in [9.17, 15) is 9.59 Å². The maximum atomic E-state index is 12.2. The minimum atomic E-state index is -0.972. The quantitative estimate of drug-likeness (QED) is 0.677. The highest BCUT2D eigenvalue weighted by Crippen LogP contribution is 2.32. The molecule has 106 valence electrons. The number of hydrogen-bond donors (Lipinski definition) is 1. The van der Waals surface area contributed by atoms with Gasteiger partial charge in [0.1, 0.15) is 4.32 Å². The summed E-state index contributed by atoms with van der Waals surface area (Å²) in [6, 6.07) is 8.82. The SMILES string of the molecule is N#Cc1ccc(/C=C2/SC(=S)N(CCC(=O)O)C2=O)cc1. The molecule has 0 atom stereocenters. The smallest absolute Gasteiger partial charge is 0.305 e. The van der Waals surface area contributed by atoms with E-state index in [4.69, 9.17) is 22.6 Å². The Morgan fingerprint density at radius 2 is 2.10 bits per heavy atom. The van der Waals surface area contributed by atoms with Gasteiger partial charge in [-0.15, -0.1) is 0 Å². The molecule has 1 N–H and O–H groups in total. The van der Waals surface area contributed by atoms with Crippen LogP contribution in [-0.2, 0) is 9.59 Å². The Morgan fingerprint density at radius 3 is 2.67 bits per heavy atom. The maximum absolute atomic E-state index is 12.2. The van der Waals surface area contributed by atoms with Gasteiger partial charge in [-0.25, -0.2) is 0 Å². The molecule has 5 nitrogen and oxygen atoms in total. The molecular formula is C14H10N2O3S2. The van der Waals surface area contributed by atoms with Crippen LogP contribution in [0.3, 0.4) is 0 Å². The Hall–Kier alpha value is -2.17. The molecule has 7 heteroatoms. The van der Waals surface area contributed by atoms with Crippen LogP contribution in [0.25, 0.3) is 6.08 Å². The minimum Gasteiger partial charge on any atom is -0.481 e. The average molecular weight is 318 g/mol. The number of carbonyl (C=O) groups excluding carboxylic acids is 1. The number of thiocarbonyl (C=S) groups is 1. The summed E-state index contributed by atoms with van der Waals surface area (Å²) >= 11 is 6.24. The van der Waals surface area contributed by atoms with Gasteiger partial charge >= 0.3 is 5.97 Å². The lowest BCUT2D eigenvalue weighted by Gasteiger charge is -2.12. The zero-order valence-electron chi connectivity index (χ0n) is 10.8. The standard InChI is InChI=1S/C14H10N2O3S2/c15-8-10-3-1-9(2-4-10)7-11-13(19)16(14(20)21-11)6-5-12(17)18/h1-4,7H,5-6H2,(H,17,18)/b11-7+. The number of carboxylic acids is 1. The van der Waals surface area contributed by atoms with Crippen LogP contribution in [0, 0.1) is 11.3 Å². The van der Waals surface area contributed by atoms with Gasteiger partial charge in [-0.2, -0.15) is 5.26 Å². The molecule has 1 aromatic rings. The Kier molecular flexibility index (Phi) is 4.73. The van der Waals surface area contributed by atoms with Crippen LogP contribution in [-0.4, -0.2) is 32.7 Å². The van der Waals surface area contributed by atoms with Gasteiger partial charge < -0.3 is 5.11 Å². The summed E-state index contributed by atoms with van der Waals surface area (Å²) in [5, 5.41) is 17.4. The molecule has 1 amide bonds. The fourth-order valence-corrected chi connectivity index (χ4v) is 3.01. The Morgan fingerprint density at radius 1 is 1.43 bits per heavy atom. The number of rotatable bonds is 4. The van der Waals surface area contributed by atoms with Crippen molar-refractivity contribution >= 4 is 46.3 Å². The van der Waals surface area contributed by atoms with Gasteiger partial charge in [0.15, 0.2) is 0 Å². The van der Waals surface area contributed by atoms with Crippen molar-refractivity contribution in [2.24, 2.45) is 0 Å². The van der Waals surface area contributed by atoms with Crippen molar-refractivity contribution in [3.8, 4) is 6.07 Å². The van der Waals surface area contributed by atoms with Gasteiger partial charge in [0, 0.05) is 6.54 Å². The van der Waals surface area contributed by atoms with E-state index in [2.05, 4.69) is 0 Å². The summed E-state index contributed by atoms with van der Waals surface area (Å²) in [7, 11) is 0. The van der Waals surface area contributed by atoms with Crippen molar-refractivity contribution in [3.63, 3.8) is 0 Å². The molecule has 1 heterocycles. The number of thioether (sulfide) groups is 1. The van der Waals surface area contributed by atoms with Crippen LogP contribution in [0.1, 0.15) is 17.5 Å². The highest BCUT2D eigenvalue weighted by atomic mass is 32.2. The van der Waals surface area contributed by atoms with Crippen molar-refractivity contribution in [2.45, 2.75) is 6.42 Å². The number of aliphatic carboxylic acids is 1. The highest BCUT2D eigenvalue weighted by Gasteiger charge is 2.31. The zero-order valence-corrected chi connectivity index (χ0v) is 12.4. The lowest BCUT2D eigenvalue weighted by Crippen LogP contribution is -2.30. The van der Waals surface area contributed by atoms with Crippen molar-refractivity contribution in [3.05, 3.63) is 40.3 Å². The Labute approximate surface area is 130 Å². The number of amides is 1. The first-order chi connectivity index (χ1) is 10.0. The number of nitrogens with zero attached hydrogens (tertiary/aromatic N) is 2. The summed E-state index contributed by atoms with van der Waals surface area (Å²) in [5.41, 5.74) is 1.33. The van der Waals surface area contributed by atoms with E-state index in [1.807, 2.05) is 6.07 Å². The Bertz CT molecular complexity index is 674. The predicted molar refractivity (Wildman–Crippen MR) is 83.3 cm³/mol. The molecule has 1 aliphatic rings. The molecule has 1 aromatic carbocycles. The molecule has 0 aliphatic carbocycles. The molecule has 1 saturated heterocycles. The molecule has 0 unspecified atom stereocenters. The summed E-state index contributed by atoms with van der Waals surface area (Å²) in [6.45, 7) is 0.0741. The number of carbonyl (C=O) groups is 2. The third-order valence-corrected chi connectivity index (χ3v) is 4.14. The fourth-order valence-electron chi connectivity index (χ4n) is 1.71. The number of nitriles is 1. The summed E-state index contributed by atoms with van der Waals surface area (Å²) in [6.07, 6.45) is 1.54. The van der Waals surface area contributed by atoms with Crippen molar-refractivity contribution in [2.75, 3.05) is 6.54 Å². The molecule has 0 bridgehead atoms. The molecule has 0 aromatic heterocycles. The van der Waals surface area contributed by atoms with Crippen LogP contribution >= 0.6 is 24.0 Å². The predicted octanol–water partition coefficient (Wildman–Crippen LogP) is 2.23. The van der Waals surface area contributed by atoms with Crippen molar-refractivity contribution in [1.29, 1.82) is 5.26 Å². The molecule has 2 rings (SSSR count). The van der Waals surface area contributed by atoms with Gasteiger partial charge in [0.05, 0.1) is 23.0 Å². The molecule has 21 heavy (non-hydrogen) atoms. The monoisotopic (exact) mass is 318 g/mol. The minimum absolute atomic E-state index is 0.0741. The van der Waals surface area contributed by atoms with Gasteiger partial charge in [-0.3, -0.25) is 14.5 Å². The number of carboxylic acid groups (broad SMARTS) is 1. The van der Waals surface area contributed by atoms with Crippen molar-refractivity contribution < 1.29 is 14.7 Å². The normalized spacial score (nSPS) is 16.3. The molecule has 1 aliphatic heterocycles. The summed E-state index contributed by atoms with van der Waals surface area (Å²) < 4.78 is 0.362. The molecular weight excluding hydrogens is 308 g/mol. The van der Waals surface area contributed by atoms with E-state index in [0.29, 0.717) is 14.8 Å². The number of benzene rings is 1. The van der Waals surface area contributed by atoms with Crippen LogP contribution < -0.4 is 0 Å². The number of hydrogen-bond acceptors (Lipinski definition) is 5. The van der Waals surface area contributed by atoms with E-state index in [-0.39, 0.29) is 18.9 Å². The second-order valence-electron chi connectivity index (χ2n) is 4.21. The van der Waals surface area contributed by atoms with E-state index < -0.39 is 5.97 Å². The largest absolute Gasteiger partial charge is 0.481 e. The third-order valence-electron chi connectivity index (χ3n) is 2.76. The lowest BCUT2D eigenvalue weighted by atomic mass is 10.1. The summed E-state index contributed by atoms with van der Waals surface area (Å²) in [5.74, 6) is -1.25. The highest BCUT2D eigenvalue weighted by molar-refractivity contribution is 8.26. The van der Waals surface area contributed by atoms with E-state index in [0.717, 1.165) is 17.3 Å². The van der Waals surface area contributed by atoms with E-state index in [1.165, 1.54) is 4.90 Å².